The van der Waals surface area contributed by atoms with Gasteiger partial charge in [-0.25, -0.2) is 28.6 Å². The van der Waals surface area contributed by atoms with Gasteiger partial charge >= 0.3 is 5.91 Å². The van der Waals surface area contributed by atoms with Crippen molar-refractivity contribution in [2.45, 2.75) is 11.8 Å². The number of hydrogen-bond donors (Lipinski definition) is 2. The van der Waals surface area contributed by atoms with Crippen molar-refractivity contribution in [3.8, 4) is 17.1 Å². The molecule has 0 aliphatic rings. The van der Waals surface area contributed by atoms with Crippen LogP contribution in [0.5, 0.6) is 0 Å². The Kier molecular flexibility index (Phi) is 6.11. The van der Waals surface area contributed by atoms with Crippen molar-refractivity contribution in [1.29, 1.82) is 0 Å². The summed E-state index contributed by atoms with van der Waals surface area (Å²) in [5, 5.41) is 13.6. The van der Waals surface area contributed by atoms with E-state index in [2.05, 4.69) is 20.6 Å². The molecule has 4 aromatic rings. The summed E-state index contributed by atoms with van der Waals surface area (Å²) < 4.78 is 24.4. The highest BCUT2D eigenvalue weighted by Gasteiger charge is 2.18. The van der Waals surface area contributed by atoms with Crippen LogP contribution in [-0.4, -0.2) is 34.8 Å². The van der Waals surface area contributed by atoms with Gasteiger partial charge in [-0.2, -0.15) is 5.10 Å². The van der Waals surface area contributed by atoms with Gasteiger partial charge in [0.2, 0.25) is 15.8 Å². The van der Waals surface area contributed by atoms with Crippen LogP contribution < -0.4 is 10.6 Å². The van der Waals surface area contributed by atoms with E-state index in [-0.39, 0.29) is 10.7 Å². The molecule has 10 heteroatoms. The van der Waals surface area contributed by atoms with Gasteiger partial charge in [0.1, 0.15) is 0 Å². The Hall–Kier alpha value is -4.15. The highest BCUT2D eigenvalue weighted by Crippen LogP contribution is 2.21. The molecule has 0 atom stereocenters. The predicted octanol–water partition coefficient (Wildman–Crippen LogP) is 2.74. The van der Waals surface area contributed by atoms with Gasteiger partial charge < -0.3 is 0 Å². The molecule has 1 heterocycles. The van der Waals surface area contributed by atoms with Crippen molar-refractivity contribution in [2.75, 3.05) is 0 Å². The Morgan fingerprint density at radius 1 is 0.939 bits per heavy atom. The van der Waals surface area contributed by atoms with E-state index in [1.807, 2.05) is 60.7 Å². The SMILES string of the molecule is C/C(=N\NC(=O)c1nc(-c2ccccc2)n(-c2ccccc2)n1)c1ccc(S(N)(=O)=O)cc1. The fourth-order valence-electron chi connectivity index (χ4n) is 3.07. The Bertz CT molecular complexity index is 1360. The lowest BCUT2D eigenvalue weighted by molar-refractivity contribution is 0.0944. The van der Waals surface area contributed by atoms with Crippen LogP contribution in [-0.2, 0) is 10.0 Å². The average molecular weight is 461 g/mol. The number of para-hydroxylation sites is 1. The van der Waals surface area contributed by atoms with Crippen LogP contribution in [0.15, 0.2) is 94.9 Å². The van der Waals surface area contributed by atoms with Crippen LogP contribution in [0.2, 0.25) is 0 Å². The lowest BCUT2D eigenvalue weighted by Gasteiger charge is -2.05. The number of rotatable bonds is 6. The van der Waals surface area contributed by atoms with Crippen LogP contribution in [0.25, 0.3) is 17.1 Å². The Morgan fingerprint density at radius 2 is 1.55 bits per heavy atom. The van der Waals surface area contributed by atoms with Gasteiger partial charge in [-0.05, 0) is 36.8 Å². The number of hydrogen-bond acceptors (Lipinski definition) is 6. The first-order valence-electron chi connectivity index (χ1n) is 9.89. The summed E-state index contributed by atoms with van der Waals surface area (Å²) in [6.07, 6.45) is 0. The van der Waals surface area contributed by atoms with E-state index >= 15 is 0 Å². The molecule has 0 aliphatic carbocycles. The topological polar surface area (TPSA) is 132 Å². The second-order valence-electron chi connectivity index (χ2n) is 7.08. The molecule has 0 saturated carbocycles. The zero-order valence-electron chi connectivity index (χ0n) is 17.6. The molecule has 4 rings (SSSR count). The molecule has 166 valence electrons. The van der Waals surface area contributed by atoms with E-state index in [1.54, 1.807) is 23.7 Å². The number of amides is 1. The molecule has 9 nitrogen and oxygen atoms in total. The van der Waals surface area contributed by atoms with E-state index in [1.165, 1.54) is 12.1 Å². The van der Waals surface area contributed by atoms with Crippen molar-refractivity contribution >= 4 is 21.6 Å². The minimum atomic E-state index is -3.78. The third kappa shape index (κ3) is 5.03. The molecule has 33 heavy (non-hydrogen) atoms. The van der Waals surface area contributed by atoms with Gasteiger partial charge in [-0.1, -0.05) is 60.7 Å². The monoisotopic (exact) mass is 460 g/mol. The molecule has 0 bridgehead atoms. The molecular weight excluding hydrogens is 440 g/mol. The Balaban J connectivity index is 1.60. The maximum atomic E-state index is 12.7. The number of primary sulfonamides is 1. The third-order valence-electron chi connectivity index (χ3n) is 4.77. The maximum absolute atomic E-state index is 12.7. The number of aromatic nitrogens is 3. The standard InChI is InChI=1S/C23H20N6O3S/c1-16(17-12-14-20(15-13-17)33(24,31)32)26-27-23(30)21-25-22(18-8-4-2-5-9-18)29(28-21)19-10-6-3-7-11-19/h2-15H,1H3,(H,27,30)(H2,24,31,32)/b26-16+. The summed E-state index contributed by atoms with van der Waals surface area (Å²) in [7, 11) is -3.78. The zero-order valence-corrected chi connectivity index (χ0v) is 18.4. The van der Waals surface area contributed by atoms with E-state index in [4.69, 9.17) is 5.14 Å². The molecule has 1 aromatic heterocycles. The van der Waals surface area contributed by atoms with Crippen molar-refractivity contribution < 1.29 is 13.2 Å². The molecule has 0 saturated heterocycles. The highest BCUT2D eigenvalue weighted by molar-refractivity contribution is 7.89. The van der Waals surface area contributed by atoms with Gasteiger partial charge in [-0.3, -0.25) is 4.79 Å². The Morgan fingerprint density at radius 3 is 2.15 bits per heavy atom. The number of nitrogens with zero attached hydrogens (tertiary/aromatic N) is 4. The summed E-state index contributed by atoms with van der Waals surface area (Å²) in [5.41, 5.74) is 5.11. The number of nitrogens with one attached hydrogen (secondary N) is 1. The molecular formula is C23H20N6O3S. The lowest BCUT2D eigenvalue weighted by Crippen LogP contribution is -2.21. The summed E-state index contributed by atoms with van der Waals surface area (Å²) in [6.45, 7) is 1.68. The van der Waals surface area contributed by atoms with Gasteiger partial charge in [0.15, 0.2) is 5.82 Å². The van der Waals surface area contributed by atoms with Crippen molar-refractivity contribution in [3.05, 3.63) is 96.3 Å². The smallest absolute Gasteiger partial charge is 0.264 e. The minimum absolute atomic E-state index is 0.00724. The van der Waals surface area contributed by atoms with Crippen LogP contribution in [0.3, 0.4) is 0 Å². The van der Waals surface area contributed by atoms with E-state index in [0.29, 0.717) is 17.1 Å². The van der Waals surface area contributed by atoms with Gasteiger partial charge in [-0.15, -0.1) is 5.10 Å². The number of sulfonamides is 1. The molecule has 0 aliphatic heterocycles. The molecule has 1 amide bonds. The van der Waals surface area contributed by atoms with Crippen LogP contribution in [0.1, 0.15) is 23.1 Å². The summed E-state index contributed by atoms with van der Waals surface area (Å²) in [6, 6.07) is 24.7. The minimum Gasteiger partial charge on any atom is -0.264 e. The average Bonchev–Trinajstić information content (AvgIpc) is 3.29. The molecule has 3 N–H and O–H groups in total. The Labute approximate surface area is 190 Å². The summed E-state index contributed by atoms with van der Waals surface area (Å²) in [4.78, 5) is 17.2. The number of carbonyl (C=O) groups is 1. The van der Waals surface area contributed by atoms with Crippen LogP contribution in [0.4, 0.5) is 0 Å². The van der Waals surface area contributed by atoms with Gasteiger partial charge in [0.25, 0.3) is 0 Å². The van der Waals surface area contributed by atoms with Crippen LogP contribution in [0, 0.1) is 0 Å². The van der Waals surface area contributed by atoms with Crippen molar-refractivity contribution in [1.82, 2.24) is 20.2 Å². The van der Waals surface area contributed by atoms with E-state index < -0.39 is 15.9 Å². The molecule has 0 fully saturated rings. The lowest BCUT2D eigenvalue weighted by atomic mass is 10.1. The first-order valence-corrected chi connectivity index (χ1v) is 11.4. The number of benzene rings is 3. The maximum Gasteiger partial charge on any atom is 0.311 e. The van der Waals surface area contributed by atoms with Crippen molar-refractivity contribution in [3.63, 3.8) is 0 Å². The predicted molar refractivity (Wildman–Crippen MR) is 124 cm³/mol. The van der Waals surface area contributed by atoms with E-state index in [0.717, 1.165) is 11.3 Å². The first kappa shape index (κ1) is 22.1. The third-order valence-corrected chi connectivity index (χ3v) is 5.70. The van der Waals surface area contributed by atoms with Gasteiger partial charge in [0.05, 0.1) is 16.3 Å². The largest absolute Gasteiger partial charge is 0.311 e. The highest BCUT2D eigenvalue weighted by atomic mass is 32.2. The quantitative estimate of drug-likeness (QED) is 0.337. The zero-order chi connectivity index (χ0) is 23.4. The number of nitrogens with two attached hydrogens (primary N) is 1. The number of carbonyl (C=O) groups excluding carboxylic acids is 1. The second-order valence-corrected chi connectivity index (χ2v) is 8.64. The fourth-order valence-corrected chi connectivity index (χ4v) is 3.58. The summed E-state index contributed by atoms with van der Waals surface area (Å²) >= 11 is 0. The number of hydrazone groups is 1. The normalized spacial score (nSPS) is 11.9. The molecule has 0 spiro atoms. The first-order chi connectivity index (χ1) is 15.8. The molecule has 3 aromatic carbocycles. The second kappa shape index (κ2) is 9.15. The van der Waals surface area contributed by atoms with Gasteiger partial charge in [0, 0.05) is 5.56 Å². The molecule has 0 unspecified atom stereocenters. The van der Waals surface area contributed by atoms with Crippen LogP contribution >= 0.6 is 0 Å². The fraction of sp³-hybridized carbons (Fsp3) is 0.0435. The molecule has 0 radical (unpaired) electrons. The summed E-state index contributed by atoms with van der Waals surface area (Å²) in [5.74, 6) is -0.104. The van der Waals surface area contributed by atoms with Crippen molar-refractivity contribution in [2.24, 2.45) is 10.2 Å². The van der Waals surface area contributed by atoms with E-state index in [9.17, 15) is 13.2 Å².